The molecule has 0 unspecified atom stereocenters. The molecule has 1 aromatic carbocycles. The molecule has 2 bridgehead atoms. The molecule has 7 nitrogen and oxygen atoms in total. The van der Waals surface area contributed by atoms with E-state index in [9.17, 15) is 14.0 Å². The minimum absolute atomic E-state index is 0.0344. The maximum atomic E-state index is 13.5. The van der Waals surface area contributed by atoms with E-state index in [1.165, 1.54) is 19.2 Å². The second kappa shape index (κ2) is 16.1. The van der Waals surface area contributed by atoms with E-state index in [4.69, 9.17) is 33.5 Å². The monoisotopic (exact) mass is 609 g/mol. The molecule has 0 aromatic heterocycles. The maximum absolute atomic E-state index is 13.5. The molecule has 0 aliphatic carbocycles. The van der Waals surface area contributed by atoms with Crippen LogP contribution in [0, 0.1) is 11.7 Å². The van der Waals surface area contributed by atoms with E-state index in [0.29, 0.717) is 30.6 Å². The van der Waals surface area contributed by atoms with Gasteiger partial charge in [-0.3, -0.25) is 14.6 Å². The van der Waals surface area contributed by atoms with Gasteiger partial charge in [0, 0.05) is 24.5 Å². The second-order valence-electron chi connectivity index (χ2n) is 8.79. The number of ether oxygens (including phenoxy) is 1. The molecule has 2 saturated heterocycles. The Morgan fingerprint density at radius 1 is 1.17 bits per heavy atom. The van der Waals surface area contributed by atoms with Crippen molar-refractivity contribution in [1.82, 2.24) is 9.80 Å². The van der Waals surface area contributed by atoms with E-state index in [-0.39, 0.29) is 42.1 Å². The van der Waals surface area contributed by atoms with Gasteiger partial charge in [-0.15, -0.1) is 0 Å². The molecule has 2 fully saturated rings. The number of nitrogens with zero attached hydrogens (tertiary/aromatic N) is 3. The number of hydrogen-bond acceptors (Lipinski definition) is 8. The van der Waals surface area contributed by atoms with Gasteiger partial charge < -0.3 is 40.1 Å². The Morgan fingerprint density at radius 2 is 1.89 bits per heavy atom. The van der Waals surface area contributed by atoms with Crippen LogP contribution in [0.5, 0.6) is 0 Å². The third-order valence-electron chi connectivity index (χ3n) is 6.87. The minimum atomic E-state index is -0.271. The summed E-state index contributed by atoms with van der Waals surface area (Å²) in [6.07, 6.45) is 3.74. The van der Waals surface area contributed by atoms with Crippen molar-refractivity contribution in [3.05, 3.63) is 41.0 Å². The van der Waals surface area contributed by atoms with Crippen LogP contribution in [0.15, 0.2) is 24.3 Å². The van der Waals surface area contributed by atoms with Crippen molar-refractivity contribution in [3.8, 4) is 0 Å². The summed E-state index contributed by atoms with van der Waals surface area (Å²) in [6, 6.07) is 7.03. The van der Waals surface area contributed by atoms with E-state index >= 15 is 0 Å². The number of methoxy groups -OCH3 is 1. The van der Waals surface area contributed by atoms with Gasteiger partial charge in [-0.25, -0.2) is 4.39 Å². The molecule has 0 spiro atoms. The molecule has 1 amide bonds. The Labute approximate surface area is 229 Å². The summed E-state index contributed by atoms with van der Waals surface area (Å²) in [7, 11) is 1.44. The van der Waals surface area contributed by atoms with Gasteiger partial charge >= 0.3 is 28.3 Å². The third-order valence-corrected chi connectivity index (χ3v) is 7.24. The summed E-state index contributed by atoms with van der Waals surface area (Å²) in [5.41, 5.74) is 1.00. The number of amides is 1. The molecular weight excluding hydrogens is 576 g/mol. The zero-order valence-electron chi connectivity index (χ0n) is 19.9. The van der Waals surface area contributed by atoms with Gasteiger partial charge in [0.1, 0.15) is 5.82 Å². The van der Waals surface area contributed by atoms with Crippen molar-refractivity contribution in [2.75, 3.05) is 51.3 Å². The topological polar surface area (TPSA) is 81.0 Å². The van der Waals surface area contributed by atoms with E-state index in [0.717, 1.165) is 63.2 Å². The zero-order chi connectivity index (χ0) is 25.8. The standard InChI is InChI=1S/C24H36FN3O3S2.O.Tc/c1-31-24(30)23-20(17-3-5-18(25)6-4-17)15-19-7-8-21(23)28(19)11-2-10-27(12-14-33)16-22(29)26-9-13-32;;/h3-6,19-21,23H,2,7-16H2,1H3,(H3,26,29,32,33);;/q;;+3/p-3/t19-,20+,21+,23-;;/m0../s1/i;;1+1. The Hall–Kier alpha value is -0.841. The fourth-order valence-corrected chi connectivity index (χ4v) is 5.81. The van der Waals surface area contributed by atoms with Gasteiger partial charge in [0.25, 0.3) is 0 Å². The first-order chi connectivity index (χ1) is 17.0. The van der Waals surface area contributed by atoms with Gasteiger partial charge in [0.2, 0.25) is 0 Å². The number of piperidine rings is 1. The number of fused-ring (bicyclic) bond motifs is 2. The average molecular weight is 610 g/mol. The molecule has 0 radical (unpaired) electrons. The summed E-state index contributed by atoms with van der Waals surface area (Å²) in [5.74, 6) is 0.176. The van der Waals surface area contributed by atoms with Crippen LogP contribution in [-0.4, -0.2) is 85.1 Å². The molecule has 2 heterocycles. The Kier molecular flexibility index (Phi) is 14.0. The fraction of sp³-hybridized carbons (Fsp3) is 0.667. The Balaban J connectivity index is 0.00000210. The molecule has 194 valence electrons. The van der Waals surface area contributed by atoms with Crippen LogP contribution in [0.4, 0.5) is 4.39 Å². The quantitative estimate of drug-likeness (QED) is 0.264. The predicted molar refractivity (Wildman–Crippen MR) is 132 cm³/mol. The molecule has 11 heteroatoms. The van der Waals surface area contributed by atoms with Crippen LogP contribution >= 0.6 is 0 Å². The molecule has 3 rings (SSSR count). The predicted octanol–water partition coefficient (Wildman–Crippen LogP) is 2.50. The van der Waals surface area contributed by atoms with E-state index in [1.807, 2.05) is 0 Å². The number of carbonyl (C=O) groups excluding carboxylic acids is 2. The molecule has 0 saturated carbocycles. The number of halogens is 1. The van der Waals surface area contributed by atoms with Gasteiger partial charge in [0.05, 0.1) is 18.9 Å². The number of benzene rings is 1. The molecule has 0 N–H and O–H groups in total. The Bertz CT molecular complexity index is 807. The Morgan fingerprint density at radius 3 is 2.51 bits per heavy atom. The van der Waals surface area contributed by atoms with E-state index < -0.39 is 0 Å². The molecule has 2 aliphatic rings. The summed E-state index contributed by atoms with van der Waals surface area (Å²) < 4.78 is 26.9. The van der Waals surface area contributed by atoms with Crippen molar-refractivity contribution in [2.24, 2.45) is 5.92 Å². The van der Waals surface area contributed by atoms with Gasteiger partial charge in [-0.1, -0.05) is 12.1 Å². The number of esters is 1. The van der Waals surface area contributed by atoms with Crippen LogP contribution in [0.3, 0.4) is 0 Å². The average Bonchev–Trinajstić information content (AvgIpc) is 3.14. The van der Waals surface area contributed by atoms with Crippen molar-refractivity contribution < 1.29 is 41.1 Å². The van der Waals surface area contributed by atoms with Crippen molar-refractivity contribution in [3.63, 3.8) is 0 Å². The van der Waals surface area contributed by atoms with Crippen LogP contribution in [0.25, 0.3) is 5.32 Å². The summed E-state index contributed by atoms with van der Waals surface area (Å²) in [5, 5.41) is 3.97. The van der Waals surface area contributed by atoms with Gasteiger partial charge in [-0.05, 0) is 63.0 Å². The molecule has 2 aliphatic heterocycles. The third kappa shape index (κ3) is 8.61. The first-order valence-electron chi connectivity index (χ1n) is 11.8. The van der Waals surface area contributed by atoms with E-state index in [1.54, 1.807) is 12.1 Å². The molecule has 1 aromatic rings. The fourth-order valence-electron chi connectivity index (χ4n) is 5.46. The zero-order valence-corrected chi connectivity index (χ0v) is 23.4. The second-order valence-corrected chi connectivity index (χ2v) is 9.61. The summed E-state index contributed by atoms with van der Waals surface area (Å²) in [6.45, 7) is 2.94. The summed E-state index contributed by atoms with van der Waals surface area (Å²) >= 11 is 10.9. The first kappa shape index (κ1) is 30.4. The summed E-state index contributed by atoms with van der Waals surface area (Å²) in [4.78, 5) is 29.4. The van der Waals surface area contributed by atoms with Crippen molar-refractivity contribution in [2.45, 2.75) is 43.7 Å². The molecule has 4 atom stereocenters. The van der Waals surface area contributed by atoms with Gasteiger partial charge in [-0.2, -0.15) is 18.1 Å². The number of carbonyl (C=O) groups is 2. The SMILES string of the molecule is COC(=O)[C@H]1[C@@H](c2ccc(F)cc2)C[C@@H]2CC[C@H]1N2CCCN(CC[S-])CC(=O)[N-]CC[S-].[O]=[99Tc+3]. The number of rotatable bonds is 12. The molecular formula is C24H33FN3O4S2Tc. The van der Waals surface area contributed by atoms with Crippen LogP contribution in [0.2, 0.25) is 0 Å². The normalized spacial score (nSPS) is 23.4. The number of hydrogen-bond donors (Lipinski definition) is 0. The van der Waals surface area contributed by atoms with Crippen LogP contribution in [0.1, 0.15) is 37.2 Å². The van der Waals surface area contributed by atoms with Crippen molar-refractivity contribution >= 4 is 37.1 Å². The van der Waals surface area contributed by atoms with E-state index in [2.05, 4.69) is 15.1 Å². The molecule has 35 heavy (non-hydrogen) atoms. The van der Waals surface area contributed by atoms with Gasteiger partial charge in [0.15, 0.2) is 0 Å². The van der Waals surface area contributed by atoms with Crippen LogP contribution in [-0.2, 0) is 61.9 Å². The van der Waals surface area contributed by atoms with Crippen molar-refractivity contribution in [1.29, 1.82) is 0 Å². The first-order valence-corrected chi connectivity index (χ1v) is 13.7. The van der Waals surface area contributed by atoms with Crippen LogP contribution < -0.4 is 0 Å².